The summed E-state index contributed by atoms with van der Waals surface area (Å²) in [5.74, 6) is 0.779. The molecule has 0 saturated heterocycles. The van der Waals surface area contributed by atoms with E-state index in [4.69, 9.17) is 22.1 Å². The van der Waals surface area contributed by atoms with Gasteiger partial charge < -0.3 is 10.5 Å². The minimum absolute atomic E-state index is 0.223. The zero-order valence-electron chi connectivity index (χ0n) is 11.8. The number of rotatable bonds is 7. The van der Waals surface area contributed by atoms with Gasteiger partial charge in [0.2, 0.25) is 0 Å². The van der Waals surface area contributed by atoms with E-state index in [-0.39, 0.29) is 11.7 Å². The predicted molar refractivity (Wildman–Crippen MR) is 84.4 cm³/mol. The Balaban J connectivity index is 1.79. The summed E-state index contributed by atoms with van der Waals surface area (Å²) in [5, 5.41) is 0.665. The summed E-state index contributed by atoms with van der Waals surface area (Å²) in [5.41, 5.74) is 6.88. The lowest BCUT2D eigenvalue weighted by atomic mass is 9.94. The smallest absolute Gasteiger partial charge is 0.123 e. The maximum absolute atomic E-state index is 12.9. The lowest BCUT2D eigenvalue weighted by Crippen LogP contribution is -2.13. The summed E-state index contributed by atoms with van der Waals surface area (Å²) in [6.45, 7) is 1.15. The van der Waals surface area contributed by atoms with Crippen molar-refractivity contribution in [2.75, 3.05) is 13.2 Å². The van der Waals surface area contributed by atoms with Crippen LogP contribution in [0.3, 0.4) is 0 Å². The Kier molecular flexibility index (Phi) is 6.03. The zero-order valence-corrected chi connectivity index (χ0v) is 12.5. The van der Waals surface area contributed by atoms with Crippen LogP contribution < -0.4 is 10.5 Å². The molecular formula is C17H19ClFNO. The van der Waals surface area contributed by atoms with Crippen molar-refractivity contribution in [1.29, 1.82) is 0 Å². The molecular weight excluding hydrogens is 289 g/mol. The summed E-state index contributed by atoms with van der Waals surface area (Å²) in [6, 6.07) is 13.9. The fourth-order valence-electron chi connectivity index (χ4n) is 2.23. The van der Waals surface area contributed by atoms with E-state index in [1.54, 1.807) is 18.2 Å². The first-order valence-corrected chi connectivity index (χ1v) is 7.40. The molecule has 112 valence electrons. The number of ether oxygens (including phenoxy) is 1. The SMILES string of the molecule is NCC(CCCOc1cccc(Cl)c1)c1ccc(F)cc1. The second kappa shape index (κ2) is 8.01. The standard InChI is InChI=1S/C17H19ClFNO/c18-15-4-1-5-17(11-15)21-10-2-3-14(12-20)13-6-8-16(19)9-7-13/h1,4-9,11,14H,2-3,10,12,20H2. The highest BCUT2D eigenvalue weighted by Gasteiger charge is 2.09. The van der Waals surface area contributed by atoms with Crippen LogP contribution in [0, 0.1) is 5.82 Å². The molecule has 0 amide bonds. The maximum atomic E-state index is 12.9. The Morgan fingerprint density at radius 2 is 1.90 bits per heavy atom. The first-order valence-electron chi connectivity index (χ1n) is 7.03. The van der Waals surface area contributed by atoms with Crippen molar-refractivity contribution in [3.8, 4) is 5.75 Å². The average Bonchev–Trinajstić information content (AvgIpc) is 2.49. The van der Waals surface area contributed by atoms with Gasteiger partial charge in [0.15, 0.2) is 0 Å². The van der Waals surface area contributed by atoms with Crippen LogP contribution in [0.4, 0.5) is 4.39 Å². The first kappa shape index (κ1) is 15.8. The normalized spacial score (nSPS) is 12.1. The molecule has 2 rings (SSSR count). The van der Waals surface area contributed by atoms with Gasteiger partial charge in [0.05, 0.1) is 6.61 Å². The molecule has 1 atom stereocenters. The molecule has 0 aliphatic rings. The molecule has 2 N–H and O–H groups in total. The Morgan fingerprint density at radius 1 is 1.14 bits per heavy atom. The summed E-state index contributed by atoms with van der Waals surface area (Å²) < 4.78 is 18.6. The fraction of sp³-hybridized carbons (Fsp3) is 0.294. The van der Waals surface area contributed by atoms with Crippen LogP contribution in [0.1, 0.15) is 24.3 Å². The van der Waals surface area contributed by atoms with Crippen molar-refractivity contribution >= 4 is 11.6 Å². The molecule has 0 aliphatic heterocycles. The van der Waals surface area contributed by atoms with Crippen LogP contribution in [0.2, 0.25) is 5.02 Å². The average molecular weight is 308 g/mol. The van der Waals surface area contributed by atoms with E-state index in [0.29, 0.717) is 18.2 Å². The van der Waals surface area contributed by atoms with Gasteiger partial charge in [0.1, 0.15) is 11.6 Å². The van der Waals surface area contributed by atoms with E-state index in [2.05, 4.69) is 0 Å². The van der Waals surface area contributed by atoms with Gasteiger partial charge in [0, 0.05) is 5.02 Å². The topological polar surface area (TPSA) is 35.2 Å². The molecule has 2 aromatic carbocycles. The molecule has 0 bridgehead atoms. The Bertz CT molecular complexity index is 559. The third-order valence-corrected chi connectivity index (χ3v) is 3.62. The van der Waals surface area contributed by atoms with Crippen molar-refractivity contribution in [3.05, 3.63) is 64.9 Å². The number of halogens is 2. The highest BCUT2D eigenvalue weighted by molar-refractivity contribution is 6.30. The van der Waals surface area contributed by atoms with Crippen LogP contribution >= 0.6 is 11.6 Å². The van der Waals surface area contributed by atoms with E-state index < -0.39 is 0 Å². The molecule has 0 heterocycles. The van der Waals surface area contributed by atoms with Gasteiger partial charge in [-0.25, -0.2) is 4.39 Å². The number of nitrogens with two attached hydrogens (primary N) is 1. The Morgan fingerprint density at radius 3 is 2.57 bits per heavy atom. The molecule has 0 radical (unpaired) electrons. The third-order valence-electron chi connectivity index (χ3n) is 3.39. The van der Waals surface area contributed by atoms with E-state index in [0.717, 1.165) is 24.2 Å². The van der Waals surface area contributed by atoms with Crippen molar-refractivity contribution in [1.82, 2.24) is 0 Å². The third kappa shape index (κ3) is 5.03. The molecule has 21 heavy (non-hydrogen) atoms. The van der Waals surface area contributed by atoms with Crippen molar-refractivity contribution < 1.29 is 9.13 Å². The largest absolute Gasteiger partial charge is 0.494 e. The van der Waals surface area contributed by atoms with Crippen LogP contribution in [0.25, 0.3) is 0 Å². The van der Waals surface area contributed by atoms with Gasteiger partial charge >= 0.3 is 0 Å². The summed E-state index contributed by atoms with van der Waals surface area (Å²) >= 11 is 5.90. The molecule has 0 saturated carbocycles. The molecule has 0 aliphatic carbocycles. The van der Waals surface area contributed by atoms with Gasteiger partial charge in [-0.05, 0) is 61.2 Å². The molecule has 2 aromatic rings. The lowest BCUT2D eigenvalue weighted by Gasteiger charge is -2.15. The first-order chi connectivity index (χ1) is 10.2. The second-order valence-corrected chi connectivity index (χ2v) is 5.37. The van der Waals surface area contributed by atoms with Gasteiger partial charge in [-0.1, -0.05) is 29.8 Å². The van der Waals surface area contributed by atoms with Crippen molar-refractivity contribution in [2.45, 2.75) is 18.8 Å². The van der Waals surface area contributed by atoms with Crippen LogP contribution in [-0.4, -0.2) is 13.2 Å². The van der Waals surface area contributed by atoms with Gasteiger partial charge in [-0.2, -0.15) is 0 Å². The fourth-order valence-corrected chi connectivity index (χ4v) is 2.41. The van der Waals surface area contributed by atoms with Gasteiger partial charge in [-0.3, -0.25) is 0 Å². The summed E-state index contributed by atoms with van der Waals surface area (Å²) in [4.78, 5) is 0. The minimum atomic E-state index is -0.223. The predicted octanol–water partition coefficient (Wildman–Crippen LogP) is 4.38. The van der Waals surface area contributed by atoms with Crippen LogP contribution in [0.5, 0.6) is 5.75 Å². The zero-order chi connectivity index (χ0) is 15.1. The number of hydrogen-bond acceptors (Lipinski definition) is 2. The molecule has 0 fully saturated rings. The monoisotopic (exact) mass is 307 g/mol. The van der Waals surface area contributed by atoms with E-state index in [9.17, 15) is 4.39 Å². The van der Waals surface area contributed by atoms with Gasteiger partial charge in [-0.15, -0.1) is 0 Å². The van der Waals surface area contributed by atoms with E-state index >= 15 is 0 Å². The van der Waals surface area contributed by atoms with Crippen LogP contribution in [-0.2, 0) is 0 Å². The molecule has 1 unspecified atom stereocenters. The van der Waals surface area contributed by atoms with Crippen molar-refractivity contribution in [2.24, 2.45) is 5.73 Å². The summed E-state index contributed by atoms with van der Waals surface area (Å²) in [7, 11) is 0. The highest BCUT2D eigenvalue weighted by atomic mass is 35.5. The minimum Gasteiger partial charge on any atom is -0.494 e. The molecule has 2 nitrogen and oxygen atoms in total. The molecule has 0 aromatic heterocycles. The van der Waals surface area contributed by atoms with E-state index in [1.165, 1.54) is 12.1 Å². The van der Waals surface area contributed by atoms with Gasteiger partial charge in [0.25, 0.3) is 0 Å². The van der Waals surface area contributed by atoms with Crippen LogP contribution in [0.15, 0.2) is 48.5 Å². The molecule has 4 heteroatoms. The highest BCUT2D eigenvalue weighted by Crippen LogP contribution is 2.21. The maximum Gasteiger partial charge on any atom is 0.123 e. The Hall–Kier alpha value is -1.58. The quantitative estimate of drug-likeness (QED) is 0.770. The number of benzene rings is 2. The Labute approximate surface area is 129 Å². The molecule has 0 spiro atoms. The number of hydrogen-bond donors (Lipinski definition) is 1. The van der Waals surface area contributed by atoms with Crippen molar-refractivity contribution in [3.63, 3.8) is 0 Å². The summed E-state index contributed by atoms with van der Waals surface area (Å²) in [6.07, 6.45) is 1.79. The second-order valence-electron chi connectivity index (χ2n) is 4.93. The lowest BCUT2D eigenvalue weighted by molar-refractivity contribution is 0.302. The van der Waals surface area contributed by atoms with E-state index in [1.807, 2.05) is 18.2 Å².